The first-order chi connectivity index (χ1) is 19.9. The third-order valence-electron chi connectivity index (χ3n) is 7.74. The first kappa shape index (κ1) is 31.1. The summed E-state index contributed by atoms with van der Waals surface area (Å²) in [7, 11) is 0. The van der Waals surface area contributed by atoms with Crippen molar-refractivity contribution in [2.75, 3.05) is 19.6 Å². The number of aliphatic carboxylic acids is 1. The van der Waals surface area contributed by atoms with Gasteiger partial charge in [0.05, 0.1) is 19.0 Å². The summed E-state index contributed by atoms with van der Waals surface area (Å²) in [5.74, 6) is -4.13. The summed E-state index contributed by atoms with van der Waals surface area (Å²) >= 11 is 0. The lowest BCUT2D eigenvalue weighted by molar-refractivity contribution is -0.138. The number of aromatic nitrogens is 1. The number of pyridine rings is 1. The van der Waals surface area contributed by atoms with E-state index < -0.39 is 29.9 Å². The van der Waals surface area contributed by atoms with Gasteiger partial charge in [-0.3, -0.25) is 19.3 Å². The molecular weight excluding hydrogens is 540 g/mol. The molecule has 1 saturated heterocycles. The van der Waals surface area contributed by atoms with Gasteiger partial charge in [0.25, 0.3) is 11.5 Å². The van der Waals surface area contributed by atoms with Gasteiger partial charge in [0.2, 0.25) is 5.91 Å². The second-order valence-corrected chi connectivity index (χ2v) is 11.7. The van der Waals surface area contributed by atoms with Gasteiger partial charge in [-0.25, -0.2) is 8.78 Å². The molecule has 2 atom stereocenters. The summed E-state index contributed by atoms with van der Waals surface area (Å²) in [4.78, 5) is 40.3. The number of carboxylic acid groups (broad SMARTS) is 1. The molecule has 224 valence electrons. The van der Waals surface area contributed by atoms with Crippen LogP contribution in [0.4, 0.5) is 8.78 Å². The molecule has 1 aromatic heterocycles. The number of rotatable bonds is 12. The highest BCUT2D eigenvalue weighted by molar-refractivity contribution is 5.82. The topological polar surface area (TPSA) is 91.6 Å². The standard InChI is InChI=1S/C33H39F2N3O4/c1-22(2)17-29(38-20-24(11-12-30(38)39)13-15-37-16-14-33(34,35)21-37)32(42)36-28(19-31(40)41)26-9-6-8-25(18-26)27-10-5-4-7-23(27)3/h4-12,18,20,22,28-29H,13-17,19,21H2,1-3H3,(H,36,42)(H,40,41)/t28-,29-/m0/s1. The number of alkyl halides is 2. The molecule has 0 saturated carbocycles. The lowest BCUT2D eigenvalue weighted by Gasteiger charge is -2.26. The molecule has 9 heteroatoms. The molecule has 2 aromatic carbocycles. The largest absolute Gasteiger partial charge is 0.481 e. The van der Waals surface area contributed by atoms with E-state index in [2.05, 4.69) is 5.32 Å². The van der Waals surface area contributed by atoms with E-state index in [1.807, 2.05) is 63.2 Å². The van der Waals surface area contributed by atoms with E-state index in [0.717, 1.165) is 22.3 Å². The Labute approximate surface area is 245 Å². The average Bonchev–Trinajstić information content (AvgIpc) is 3.29. The summed E-state index contributed by atoms with van der Waals surface area (Å²) in [6.45, 7) is 6.36. The monoisotopic (exact) mass is 579 g/mol. The lowest BCUT2D eigenvalue weighted by atomic mass is 9.95. The predicted octanol–water partition coefficient (Wildman–Crippen LogP) is 5.63. The molecular formula is C33H39F2N3O4. The molecule has 0 aliphatic carbocycles. The second kappa shape index (κ2) is 13.4. The molecule has 42 heavy (non-hydrogen) atoms. The fourth-order valence-corrected chi connectivity index (χ4v) is 5.53. The smallest absolute Gasteiger partial charge is 0.305 e. The minimum atomic E-state index is -2.68. The summed E-state index contributed by atoms with van der Waals surface area (Å²) in [5.41, 5.74) is 4.05. The van der Waals surface area contributed by atoms with Crippen molar-refractivity contribution in [1.29, 1.82) is 0 Å². The number of hydrogen-bond acceptors (Lipinski definition) is 4. The number of benzene rings is 2. The van der Waals surface area contributed by atoms with E-state index in [0.29, 0.717) is 31.5 Å². The second-order valence-electron chi connectivity index (χ2n) is 11.7. The Balaban J connectivity index is 1.59. The third-order valence-corrected chi connectivity index (χ3v) is 7.74. The number of carbonyl (C=O) groups is 2. The van der Waals surface area contributed by atoms with Gasteiger partial charge in [-0.15, -0.1) is 0 Å². The van der Waals surface area contributed by atoms with Crippen LogP contribution in [0.5, 0.6) is 0 Å². The Hall–Kier alpha value is -3.85. The Morgan fingerprint density at radius 3 is 2.50 bits per heavy atom. The van der Waals surface area contributed by atoms with E-state index in [1.165, 1.54) is 10.6 Å². The highest BCUT2D eigenvalue weighted by Crippen LogP contribution is 2.29. The minimum Gasteiger partial charge on any atom is -0.481 e. The van der Waals surface area contributed by atoms with Crippen LogP contribution in [0.15, 0.2) is 71.7 Å². The molecule has 1 amide bonds. The zero-order valence-corrected chi connectivity index (χ0v) is 24.4. The van der Waals surface area contributed by atoms with Crippen LogP contribution in [0.3, 0.4) is 0 Å². The number of amides is 1. The van der Waals surface area contributed by atoms with Gasteiger partial charge in [-0.2, -0.15) is 0 Å². The fourth-order valence-electron chi connectivity index (χ4n) is 5.53. The molecule has 0 radical (unpaired) electrons. The number of likely N-dealkylation sites (tertiary alicyclic amines) is 1. The van der Waals surface area contributed by atoms with E-state index in [1.54, 1.807) is 23.2 Å². The first-order valence-corrected chi connectivity index (χ1v) is 14.4. The zero-order valence-electron chi connectivity index (χ0n) is 24.4. The van der Waals surface area contributed by atoms with Crippen molar-refractivity contribution < 1.29 is 23.5 Å². The summed E-state index contributed by atoms with van der Waals surface area (Å²) in [6, 6.07) is 16.7. The first-order valence-electron chi connectivity index (χ1n) is 14.4. The number of carbonyl (C=O) groups excluding carboxylic acids is 1. The molecule has 0 unspecified atom stereocenters. The lowest BCUT2D eigenvalue weighted by Crippen LogP contribution is -2.40. The van der Waals surface area contributed by atoms with E-state index in [9.17, 15) is 28.3 Å². The third kappa shape index (κ3) is 8.12. The molecule has 1 aliphatic heterocycles. The van der Waals surface area contributed by atoms with Crippen LogP contribution in [0.1, 0.15) is 61.9 Å². The maximum Gasteiger partial charge on any atom is 0.305 e. The van der Waals surface area contributed by atoms with Crippen molar-refractivity contribution in [3.05, 3.63) is 93.9 Å². The number of nitrogens with one attached hydrogen (secondary N) is 1. The van der Waals surface area contributed by atoms with Gasteiger partial charge in [0.1, 0.15) is 6.04 Å². The van der Waals surface area contributed by atoms with Crippen LogP contribution in [0.25, 0.3) is 11.1 Å². The van der Waals surface area contributed by atoms with Crippen LogP contribution < -0.4 is 10.9 Å². The van der Waals surface area contributed by atoms with Crippen molar-refractivity contribution in [3.63, 3.8) is 0 Å². The molecule has 0 bridgehead atoms. The Morgan fingerprint density at radius 2 is 1.83 bits per heavy atom. The van der Waals surface area contributed by atoms with Gasteiger partial charge in [0.15, 0.2) is 0 Å². The van der Waals surface area contributed by atoms with Crippen LogP contribution >= 0.6 is 0 Å². The van der Waals surface area contributed by atoms with Gasteiger partial charge in [-0.1, -0.05) is 62.4 Å². The van der Waals surface area contributed by atoms with Gasteiger partial charge in [-0.05, 0) is 59.6 Å². The maximum absolute atomic E-state index is 13.8. The highest BCUT2D eigenvalue weighted by Gasteiger charge is 2.37. The summed E-state index contributed by atoms with van der Waals surface area (Å²) < 4.78 is 28.6. The zero-order chi connectivity index (χ0) is 30.4. The Morgan fingerprint density at radius 1 is 1.07 bits per heavy atom. The predicted molar refractivity (Wildman–Crippen MR) is 159 cm³/mol. The molecule has 1 fully saturated rings. The van der Waals surface area contributed by atoms with Gasteiger partial charge >= 0.3 is 5.97 Å². The number of hydrogen-bond donors (Lipinski definition) is 2. The van der Waals surface area contributed by atoms with Crippen LogP contribution in [-0.4, -0.2) is 52.0 Å². The SMILES string of the molecule is Cc1ccccc1-c1cccc([C@H](CC(=O)O)NC(=O)[C@H](CC(C)C)n2cc(CCN3CCC(F)(F)C3)ccc2=O)c1. The molecule has 1 aliphatic rings. The van der Waals surface area contributed by atoms with Crippen molar-refractivity contribution in [1.82, 2.24) is 14.8 Å². The van der Waals surface area contributed by atoms with Crippen molar-refractivity contribution in [3.8, 4) is 11.1 Å². The number of aryl methyl sites for hydroxylation is 1. The fraction of sp³-hybridized carbons (Fsp3) is 0.424. The van der Waals surface area contributed by atoms with Crippen molar-refractivity contribution >= 4 is 11.9 Å². The number of carboxylic acids is 1. The van der Waals surface area contributed by atoms with Crippen LogP contribution in [-0.2, 0) is 16.0 Å². The van der Waals surface area contributed by atoms with Crippen LogP contribution in [0.2, 0.25) is 0 Å². The van der Waals surface area contributed by atoms with E-state index in [4.69, 9.17) is 0 Å². The average molecular weight is 580 g/mol. The molecule has 2 heterocycles. The minimum absolute atomic E-state index is 0.0606. The Bertz CT molecular complexity index is 1470. The maximum atomic E-state index is 13.8. The van der Waals surface area contributed by atoms with E-state index in [-0.39, 0.29) is 30.9 Å². The molecule has 0 spiro atoms. The van der Waals surface area contributed by atoms with Crippen molar-refractivity contribution in [2.24, 2.45) is 5.92 Å². The molecule has 7 nitrogen and oxygen atoms in total. The summed E-state index contributed by atoms with van der Waals surface area (Å²) in [6.07, 6.45) is 1.96. The van der Waals surface area contributed by atoms with Crippen molar-refractivity contribution in [2.45, 2.75) is 64.5 Å². The molecule has 2 N–H and O–H groups in total. The number of nitrogens with zero attached hydrogens (tertiary/aromatic N) is 2. The normalized spacial score (nSPS) is 16.3. The highest BCUT2D eigenvalue weighted by atomic mass is 19.3. The van der Waals surface area contributed by atoms with Gasteiger partial charge in [0, 0.05) is 31.8 Å². The van der Waals surface area contributed by atoms with Crippen LogP contribution in [0, 0.1) is 12.8 Å². The quantitative estimate of drug-likeness (QED) is 0.290. The molecule has 3 aromatic rings. The summed E-state index contributed by atoms with van der Waals surface area (Å²) in [5, 5.41) is 12.6. The van der Waals surface area contributed by atoms with Gasteiger partial charge < -0.3 is 15.0 Å². The molecule has 4 rings (SSSR count). The van der Waals surface area contributed by atoms with E-state index >= 15 is 0 Å². The Kier molecular flexibility index (Phi) is 9.93. The number of halogens is 2.